The van der Waals surface area contributed by atoms with E-state index in [0.717, 1.165) is 0 Å². The molecule has 3 N–H and O–H groups in total. The summed E-state index contributed by atoms with van der Waals surface area (Å²) in [6.07, 6.45) is -0.377. The van der Waals surface area contributed by atoms with Crippen LogP contribution in [0.25, 0.3) is 0 Å². The van der Waals surface area contributed by atoms with Crippen molar-refractivity contribution in [3.05, 3.63) is 29.3 Å². The summed E-state index contributed by atoms with van der Waals surface area (Å²) in [6.45, 7) is 0. The normalized spacial score (nSPS) is 11.9. The van der Waals surface area contributed by atoms with Crippen LogP contribution in [0, 0.1) is 0 Å². The molecular weight excluding hydrogens is 234 g/mol. The van der Waals surface area contributed by atoms with Crippen molar-refractivity contribution in [2.45, 2.75) is 12.5 Å². The Morgan fingerprint density at radius 2 is 1.94 bits per heavy atom. The quantitative estimate of drug-likeness (QED) is 0.609. The number of rotatable bonds is 4. The molecule has 1 aromatic carbocycles. The largest absolute Gasteiger partial charge is 0.480 e. The van der Waals surface area contributed by atoms with Crippen molar-refractivity contribution < 1.29 is 19.4 Å². The Morgan fingerprint density at radius 1 is 1.38 bits per heavy atom. The molecule has 0 unspecified atom stereocenters. The lowest BCUT2D eigenvalue weighted by molar-refractivity contribution is -0.143. The standard InChI is InChI=1S/C10H10ClNO4/c11-6-1-3-7(4-2-6)16-9(13)5-8(12)10(14)15/h1-4,8H,5,12H2,(H,14,15)/t8-/m0/s1. The van der Waals surface area contributed by atoms with E-state index in [1.807, 2.05) is 0 Å². The summed E-state index contributed by atoms with van der Waals surface area (Å²) in [4.78, 5) is 21.6. The lowest BCUT2D eigenvalue weighted by Crippen LogP contribution is -2.33. The Morgan fingerprint density at radius 3 is 2.44 bits per heavy atom. The van der Waals surface area contributed by atoms with E-state index in [1.54, 1.807) is 12.1 Å². The van der Waals surface area contributed by atoms with Crippen molar-refractivity contribution in [1.82, 2.24) is 0 Å². The third kappa shape index (κ3) is 3.88. The molecule has 0 aromatic heterocycles. The van der Waals surface area contributed by atoms with Gasteiger partial charge in [-0.05, 0) is 24.3 Å². The van der Waals surface area contributed by atoms with Gasteiger partial charge in [0.2, 0.25) is 0 Å². The van der Waals surface area contributed by atoms with Crippen LogP contribution in [0.1, 0.15) is 6.42 Å². The average molecular weight is 244 g/mol. The highest BCUT2D eigenvalue weighted by molar-refractivity contribution is 6.30. The number of carbonyl (C=O) groups excluding carboxylic acids is 1. The summed E-state index contributed by atoms with van der Waals surface area (Å²) >= 11 is 5.64. The van der Waals surface area contributed by atoms with Crippen LogP contribution >= 0.6 is 11.6 Å². The molecule has 0 aliphatic carbocycles. The van der Waals surface area contributed by atoms with Crippen LogP contribution < -0.4 is 10.5 Å². The molecule has 0 saturated carbocycles. The molecule has 16 heavy (non-hydrogen) atoms. The molecule has 0 heterocycles. The second-order valence-corrected chi connectivity index (χ2v) is 3.51. The number of aliphatic carboxylic acids is 1. The van der Waals surface area contributed by atoms with Gasteiger partial charge in [-0.1, -0.05) is 11.6 Å². The van der Waals surface area contributed by atoms with Crippen LogP contribution in [0.5, 0.6) is 5.75 Å². The van der Waals surface area contributed by atoms with Crippen molar-refractivity contribution in [2.75, 3.05) is 0 Å². The van der Waals surface area contributed by atoms with Gasteiger partial charge in [-0.3, -0.25) is 9.59 Å². The Kier molecular flexibility index (Phi) is 4.28. The molecule has 1 aromatic rings. The van der Waals surface area contributed by atoms with Crippen LogP contribution in [-0.2, 0) is 9.59 Å². The smallest absolute Gasteiger partial charge is 0.321 e. The molecular formula is C10H10ClNO4. The highest BCUT2D eigenvalue weighted by Crippen LogP contribution is 2.16. The molecule has 0 aliphatic rings. The molecule has 1 rings (SSSR count). The number of carbonyl (C=O) groups is 2. The van der Waals surface area contributed by atoms with E-state index in [9.17, 15) is 9.59 Å². The van der Waals surface area contributed by atoms with Gasteiger partial charge < -0.3 is 15.6 Å². The van der Waals surface area contributed by atoms with E-state index in [-0.39, 0.29) is 6.42 Å². The lowest BCUT2D eigenvalue weighted by Gasteiger charge is -2.06. The summed E-state index contributed by atoms with van der Waals surface area (Å²) in [5, 5.41) is 9.00. The fourth-order valence-corrected chi connectivity index (χ4v) is 1.07. The van der Waals surface area contributed by atoms with Gasteiger partial charge in [0, 0.05) is 5.02 Å². The summed E-state index contributed by atoms with van der Waals surface area (Å²) in [7, 11) is 0. The van der Waals surface area contributed by atoms with Gasteiger partial charge >= 0.3 is 11.9 Å². The van der Waals surface area contributed by atoms with Crippen molar-refractivity contribution in [3.63, 3.8) is 0 Å². The van der Waals surface area contributed by atoms with E-state index in [0.29, 0.717) is 10.8 Å². The molecule has 0 fully saturated rings. The minimum Gasteiger partial charge on any atom is -0.480 e. The molecule has 1 atom stereocenters. The molecule has 86 valence electrons. The molecule has 6 heteroatoms. The maximum absolute atomic E-state index is 11.2. The van der Waals surface area contributed by atoms with Crippen molar-refractivity contribution in [3.8, 4) is 5.75 Å². The topological polar surface area (TPSA) is 89.6 Å². The maximum Gasteiger partial charge on any atom is 0.321 e. The number of hydrogen-bond donors (Lipinski definition) is 2. The van der Waals surface area contributed by atoms with Gasteiger partial charge in [-0.25, -0.2) is 0 Å². The number of hydrogen-bond acceptors (Lipinski definition) is 4. The molecule has 0 spiro atoms. The number of carboxylic acid groups (broad SMARTS) is 1. The minimum absolute atomic E-state index is 0.298. The van der Waals surface area contributed by atoms with Crippen LogP contribution in [0.3, 0.4) is 0 Å². The second-order valence-electron chi connectivity index (χ2n) is 3.08. The monoisotopic (exact) mass is 243 g/mol. The van der Waals surface area contributed by atoms with Crippen LogP contribution in [-0.4, -0.2) is 23.1 Å². The maximum atomic E-state index is 11.2. The number of ether oxygens (including phenoxy) is 1. The van der Waals surface area contributed by atoms with Crippen molar-refractivity contribution in [1.29, 1.82) is 0 Å². The Balaban J connectivity index is 2.52. The average Bonchev–Trinajstić information content (AvgIpc) is 2.21. The summed E-state index contributed by atoms with van der Waals surface area (Å²) in [5.41, 5.74) is 5.17. The summed E-state index contributed by atoms with van der Waals surface area (Å²) in [5.74, 6) is -1.64. The number of esters is 1. The van der Waals surface area contributed by atoms with Crippen molar-refractivity contribution >= 4 is 23.5 Å². The Hall–Kier alpha value is -1.59. The molecule has 0 amide bonds. The van der Waals surface area contributed by atoms with Gasteiger partial charge in [0.05, 0.1) is 6.42 Å². The highest BCUT2D eigenvalue weighted by atomic mass is 35.5. The van der Waals surface area contributed by atoms with Gasteiger partial charge in [0.25, 0.3) is 0 Å². The van der Waals surface area contributed by atoms with Gasteiger partial charge in [0.1, 0.15) is 11.8 Å². The SMILES string of the molecule is N[C@@H](CC(=O)Oc1ccc(Cl)cc1)C(=O)O. The number of halogens is 1. The Bertz CT molecular complexity index is 390. The predicted molar refractivity (Wildman–Crippen MR) is 57.3 cm³/mol. The van der Waals surface area contributed by atoms with E-state index >= 15 is 0 Å². The lowest BCUT2D eigenvalue weighted by atomic mass is 10.2. The van der Waals surface area contributed by atoms with Crippen LogP contribution in [0.15, 0.2) is 24.3 Å². The van der Waals surface area contributed by atoms with E-state index in [2.05, 4.69) is 0 Å². The molecule has 0 bridgehead atoms. The zero-order valence-electron chi connectivity index (χ0n) is 8.22. The number of nitrogens with two attached hydrogens (primary N) is 1. The fourth-order valence-electron chi connectivity index (χ4n) is 0.943. The highest BCUT2D eigenvalue weighted by Gasteiger charge is 2.17. The minimum atomic E-state index is -1.25. The summed E-state index contributed by atoms with van der Waals surface area (Å²) in [6, 6.07) is 4.88. The first kappa shape index (κ1) is 12.5. The van der Waals surface area contributed by atoms with Gasteiger partial charge in [0.15, 0.2) is 0 Å². The fraction of sp³-hybridized carbons (Fsp3) is 0.200. The summed E-state index contributed by atoms with van der Waals surface area (Å²) < 4.78 is 4.85. The zero-order chi connectivity index (χ0) is 12.1. The van der Waals surface area contributed by atoms with Gasteiger partial charge in [-0.15, -0.1) is 0 Å². The van der Waals surface area contributed by atoms with E-state index in [1.165, 1.54) is 12.1 Å². The van der Waals surface area contributed by atoms with Gasteiger partial charge in [-0.2, -0.15) is 0 Å². The second kappa shape index (κ2) is 5.48. The third-order valence-corrected chi connectivity index (χ3v) is 2.00. The first-order valence-electron chi connectivity index (χ1n) is 4.43. The molecule has 0 aliphatic heterocycles. The zero-order valence-corrected chi connectivity index (χ0v) is 8.98. The first-order chi connectivity index (χ1) is 7.49. The van der Waals surface area contributed by atoms with E-state index in [4.69, 9.17) is 27.2 Å². The number of carboxylic acids is 1. The molecule has 0 saturated heterocycles. The van der Waals surface area contributed by atoms with E-state index < -0.39 is 18.0 Å². The van der Waals surface area contributed by atoms with Crippen LogP contribution in [0.2, 0.25) is 5.02 Å². The van der Waals surface area contributed by atoms with Crippen molar-refractivity contribution in [2.24, 2.45) is 5.73 Å². The Labute approximate surface area is 96.8 Å². The first-order valence-corrected chi connectivity index (χ1v) is 4.81. The number of benzene rings is 1. The molecule has 5 nitrogen and oxygen atoms in total. The predicted octanol–water partition coefficient (Wildman–Crippen LogP) is 1.05. The molecule has 0 radical (unpaired) electrons. The third-order valence-electron chi connectivity index (χ3n) is 1.75. The van der Waals surface area contributed by atoms with Crippen LogP contribution in [0.4, 0.5) is 0 Å².